The number of fused-ring (bicyclic) bond motifs is 1. The van der Waals surface area contributed by atoms with Crippen molar-refractivity contribution in [2.75, 3.05) is 6.54 Å². The van der Waals surface area contributed by atoms with Crippen LogP contribution in [0.15, 0.2) is 12.1 Å². The highest BCUT2D eigenvalue weighted by Crippen LogP contribution is 2.27. The van der Waals surface area contributed by atoms with E-state index in [4.69, 9.17) is 0 Å². The number of Topliss-reactive ketones (excluding diaryl/α,β-unsaturated/α-hetero) is 2. The predicted octanol–water partition coefficient (Wildman–Crippen LogP) is 2.35. The Morgan fingerprint density at radius 3 is 2.45 bits per heavy atom. The van der Waals surface area contributed by atoms with Crippen LogP contribution in [0.2, 0.25) is 0 Å². The summed E-state index contributed by atoms with van der Waals surface area (Å²) in [5.74, 6) is 0.226. The highest BCUT2D eigenvalue weighted by Gasteiger charge is 2.33. The van der Waals surface area contributed by atoms with Gasteiger partial charge in [-0.2, -0.15) is 0 Å². The third-order valence-corrected chi connectivity index (χ3v) is 4.74. The minimum atomic E-state index is -0.0394. The third kappa shape index (κ3) is 2.42. The van der Waals surface area contributed by atoms with Gasteiger partial charge in [0.25, 0.3) is 0 Å². The molecule has 1 atom stereocenters. The molecule has 0 amide bonds. The van der Waals surface area contributed by atoms with E-state index < -0.39 is 0 Å². The van der Waals surface area contributed by atoms with Crippen molar-refractivity contribution in [3.8, 4) is 0 Å². The summed E-state index contributed by atoms with van der Waals surface area (Å²) in [5.41, 5.74) is 5.43. The standard InChI is InChI=1S/C17H21NO2/c1-11-7-13-5-6-18(10-14(13)8-12(11)2)16-4-3-15(19)9-17(16)20/h7-8,16H,3-6,9-10H2,1-2H3. The summed E-state index contributed by atoms with van der Waals surface area (Å²) in [7, 11) is 0. The topological polar surface area (TPSA) is 37.4 Å². The van der Waals surface area contributed by atoms with E-state index >= 15 is 0 Å². The summed E-state index contributed by atoms with van der Waals surface area (Å²) in [6.45, 7) is 6.07. The van der Waals surface area contributed by atoms with E-state index in [0.717, 1.165) is 19.5 Å². The van der Waals surface area contributed by atoms with Gasteiger partial charge in [-0.05, 0) is 48.9 Å². The molecule has 106 valence electrons. The molecule has 0 spiro atoms. The van der Waals surface area contributed by atoms with E-state index in [0.29, 0.717) is 12.8 Å². The van der Waals surface area contributed by atoms with Gasteiger partial charge in [-0.1, -0.05) is 12.1 Å². The Balaban J connectivity index is 1.80. The highest BCUT2D eigenvalue weighted by atomic mass is 16.2. The Bertz CT molecular complexity index is 577. The Labute approximate surface area is 120 Å². The molecule has 0 radical (unpaired) electrons. The lowest BCUT2D eigenvalue weighted by Gasteiger charge is -2.36. The van der Waals surface area contributed by atoms with Gasteiger partial charge >= 0.3 is 0 Å². The average Bonchev–Trinajstić information content (AvgIpc) is 2.40. The van der Waals surface area contributed by atoms with Crippen LogP contribution in [0, 0.1) is 13.8 Å². The van der Waals surface area contributed by atoms with Crippen molar-refractivity contribution < 1.29 is 9.59 Å². The second-order valence-corrected chi connectivity index (χ2v) is 6.16. The molecule has 1 aromatic carbocycles. The lowest BCUT2D eigenvalue weighted by molar-refractivity contribution is -0.134. The second kappa shape index (κ2) is 5.13. The number of carbonyl (C=O) groups excluding carboxylic acids is 2. The predicted molar refractivity (Wildman–Crippen MR) is 77.7 cm³/mol. The summed E-state index contributed by atoms with van der Waals surface area (Å²) in [6, 6.07) is 4.51. The van der Waals surface area contributed by atoms with Gasteiger partial charge in [-0.15, -0.1) is 0 Å². The first-order valence-electron chi connectivity index (χ1n) is 7.42. The third-order valence-electron chi connectivity index (χ3n) is 4.74. The number of ketones is 2. The molecule has 3 rings (SSSR count). The molecule has 0 aromatic heterocycles. The molecule has 1 aliphatic carbocycles. The fourth-order valence-electron chi connectivity index (χ4n) is 3.39. The average molecular weight is 271 g/mol. The largest absolute Gasteiger partial charge is 0.299 e. The maximum Gasteiger partial charge on any atom is 0.157 e. The molecule has 2 aliphatic rings. The van der Waals surface area contributed by atoms with Crippen molar-refractivity contribution in [2.24, 2.45) is 0 Å². The molecule has 1 aromatic rings. The van der Waals surface area contributed by atoms with Crippen LogP contribution < -0.4 is 0 Å². The fraction of sp³-hybridized carbons (Fsp3) is 0.529. The van der Waals surface area contributed by atoms with E-state index in [1.807, 2.05) is 0 Å². The smallest absolute Gasteiger partial charge is 0.157 e. The molecule has 1 unspecified atom stereocenters. The van der Waals surface area contributed by atoms with Crippen molar-refractivity contribution in [1.29, 1.82) is 0 Å². The van der Waals surface area contributed by atoms with Crippen molar-refractivity contribution in [2.45, 2.75) is 52.1 Å². The molecule has 0 bridgehead atoms. The molecule has 1 fully saturated rings. The van der Waals surface area contributed by atoms with Gasteiger partial charge in [0.1, 0.15) is 5.78 Å². The molecule has 1 saturated carbocycles. The SMILES string of the molecule is Cc1cc2c(cc1C)CN(C1CCC(=O)CC1=O)CC2. The van der Waals surface area contributed by atoms with Crippen molar-refractivity contribution in [3.05, 3.63) is 34.4 Å². The molecule has 20 heavy (non-hydrogen) atoms. The lowest BCUT2D eigenvalue weighted by atomic mass is 9.88. The van der Waals surface area contributed by atoms with Gasteiger partial charge in [0.05, 0.1) is 12.5 Å². The minimum Gasteiger partial charge on any atom is -0.299 e. The van der Waals surface area contributed by atoms with Gasteiger partial charge < -0.3 is 0 Å². The van der Waals surface area contributed by atoms with Crippen LogP contribution in [0.3, 0.4) is 0 Å². The number of aryl methyl sites for hydroxylation is 2. The van der Waals surface area contributed by atoms with Crippen LogP contribution in [-0.2, 0) is 22.6 Å². The lowest BCUT2D eigenvalue weighted by Crippen LogP contribution is -2.46. The van der Waals surface area contributed by atoms with E-state index in [-0.39, 0.29) is 24.0 Å². The first-order valence-corrected chi connectivity index (χ1v) is 7.42. The van der Waals surface area contributed by atoms with Gasteiger partial charge in [0.2, 0.25) is 0 Å². The maximum absolute atomic E-state index is 12.1. The molecule has 3 nitrogen and oxygen atoms in total. The van der Waals surface area contributed by atoms with Crippen LogP contribution in [0.5, 0.6) is 0 Å². The van der Waals surface area contributed by atoms with Crippen LogP contribution >= 0.6 is 0 Å². The number of hydrogen-bond acceptors (Lipinski definition) is 3. The van der Waals surface area contributed by atoms with Crippen LogP contribution in [0.25, 0.3) is 0 Å². The van der Waals surface area contributed by atoms with Gasteiger partial charge in [-0.25, -0.2) is 0 Å². The highest BCUT2D eigenvalue weighted by molar-refractivity contribution is 6.03. The molecular formula is C17H21NO2. The van der Waals surface area contributed by atoms with Crippen LogP contribution in [0.4, 0.5) is 0 Å². The summed E-state index contributed by atoms with van der Waals surface area (Å²) >= 11 is 0. The zero-order valence-electron chi connectivity index (χ0n) is 12.2. The monoisotopic (exact) mass is 271 g/mol. The van der Waals surface area contributed by atoms with E-state index in [1.165, 1.54) is 22.3 Å². The summed E-state index contributed by atoms with van der Waals surface area (Å²) < 4.78 is 0. The van der Waals surface area contributed by atoms with Crippen molar-refractivity contribution in [1.82, 2.24) is 4.90 Å². The van der Waals surface area contributed by atoms with Gasteiger partial charge in [-0.3, -0.25) is 14.5 Å². The van der Waals surface area contributed by atoms with Crippen LogP contribution in [-0.4, -0.2) is 29.1 Å². The first-order chi connectivity index (χ1) is 9.54. The normalized spacial score (nSPS) is 23.8. The number of carbonyl (C=O) groups is 2. The van der Waals surface area contributed by atoms with E-state index in [1.54, 1.807) is 0 Å². The van der Waals surface area contributed by atoms with Gasteiger partial charge in [0.15, 0.2) is 5.78 Å². The Morgan fingerprint density at radius 1 is 1.05 bits per heavy atom. The number of nitrogens with zero attached hydrogens (tertiary/aromatic N) is 1. The molecule has 0 N–H and O–H groups in total. The van der Waals surface area contributed by atoms with E-state index in [2.05, 4.69) is 30.9 Å². The number of benzene rings is 1. The van der Waals surface area contributed by atoms with Crippen LogP contribution in [0.1, 0.15) is 41.5 Å². The molecule has 1 heterocycles. The Hall–Kier alpha value is -1.48. The zero-order chi connectivity index (χ0) is 14.3. The Morgan fingerprint density at radius 2 is 1.75 bits per heavy atom. The minimum absolute atomic E-state index is 0.0394. The maximum atomic E-state index is 12.1. The van der Waals surface area contributed by atoms with Crippen molar-refractivity contribution >= 4 is 11.6 Å². The molecular weight excluding hydrogens is 250 g/mol. The number of rotatable bonds is 1. The number of hydrogen-bond donors (Lipinski definition) is 0. The van der Waals surface area contributed by atoms with E-state index in [9.17, 15) is 9.59 Å². The van der Waals surface area contributed by atoms with Gasteiger partial charge in [0, 0.05) is 19.5 Å². The summed E-state index contributed by atoms with van der Waals surface area (Å²) in [6.07, 6.45) is 2.42. The second-order valence-electron chi connectivity index (χ2n) is 6.16. The first kappa shape index (κ1) is 13.5. The molecule has 3 heteroatoms. The Kier molecular flexibility index (Phi) is 3.47. The van der Waals surface area contributed by atoms with Crippen molar-refractivity contribution in [3.63, 3.8) is 0 Å². The molecule has 1 aliphatic heterocycles. The molecule has 0 saturated heterocycles. The summed E-state index contributed by atoms with van der Waals surface area (Å²) in [4.78, 5) is 25.7. The quantitative estimate of drug-likeness (QED) is 0.736. The fourth-order valence-corrected chi connectivity index (χ4v) is 3.39. The zero-order valence-corrected chi connectivity index (χ0v) is 12.2. The summed E-state index contributed by atoms with van der Waals surface area (Å²) in [5, 5.41) is 0.